The summed E-state index contributed by atoms with van der Waals surface area (Å²) in [6.45, 7) is 2.47. The zero-order chi connectivity index (χ0) is 16.0. The fraction of sp³-hybridized carbons (Fsp3) is 0.833. The summed E-state index contributed by atoms with van der Waals surface area (Å²) in [5.74, 6) is 0.0199. The summed E-state index contributed by atoms with van der Waals surface area (Å²) in [6, 6.07) is -0.436. The second-order valence-corrected chi connectivity index (χ2v) is 8.46. The smallest absolute Gasteiger partial charge is 0.318 e. The van der Waals surface area contributed by atoms with Gasteiger partial charge < -0.3 is 15.3 Å². The van der Waals surface area contributed by atoms with Gasteiger partial charge in [-0.05, 0) is 5.92 Å². The van der Waals surface area contributed by atoms with Crippen molar-refractivity contribution in [1.29, 1.82) is 0 Å². The van der Waals surface area contributed by atoms with E-state index in [2.05, 4.69) is 5.32 Å². The maximum Gasteiger partial charge on any atom is 0.318 e. The van der Waals surface area contributed by atoms with Crippen molar-refractivity contribution >= 4 is 33.6 Å². The molecule has 1 saturated heterocycles. The summed E-state index contributed by atoms with van der Waals surface area (Å²) in [7, 11) is -3.33. The molecule has 0 radical (unpaired) electrons. The highest BCUT2D eigenvalue weighted by atomic mass is 32.2. The van der Waals surface area contributed by atoms with Gasteiger partial charge in [-0.3, -0.25) is 4.79 Å². The topological polar surface area (TPSA) is 104 Å². The van der Waals surface area contributed by atoms with E-state index in [1.54, 1.807) is 0 Å². The Morgan fingerprint density at radius 3 is 2.67 bits per heavy atom. The van der Waals surface area contributed by atoms with Crippen LogP contribution in [0, 0.1) is 5.92 Å². The van der Waals surface area contributed by atoms with Gasteiger partial charge in [0.15, 0.2) is 9.84 Å². The standard InChI is InChI=1S/C12H22N2O5S2/c1-3-9(6-11(15)16)7-13-12(17)14-4-5-20-8-10(14)21(2,18)19/h9-10H,3-8H2,1-2H3,(H,13,17)(H,15,16). The lowest BCUT2D eigenvalue weighted by Crippen LogP contribution is -2.54. The molecule has 7 nitrogen and oxygen atoms in total. The molecule has 122 valence electrons. The monoisotopic (exact) mass is 338 g/mol. The van der Waals surface area contributed by atoms with Gasteiger partial charge in [0.1, 0.15) is 5.37 Å². The van der Waals surface area contributed by atoms with Crippen LogP contribution in [0.3, 0.4) is 0 Å². The molecule has 21 heavy (non-hydrogen) atoms. The van der Waals surface area contributed by atoms with E-state index in [1.807, 2.05) is 6.92 Å². The van der Waals surface area contributed by atoms with Crippen molar-refractivity contribution in [3.63, 3.8) is 0 Å². The number of nitrogens with zero attached hydrogens (tertiary/aromatic N) is 1. The van der Waals surface area contributed by atoms with Gasteiger partial charge in [0, 0.05) is 37.3 Å². The molecular formula is C12H22N2O5S2. The first-order valence-electron chi connectivity index (χ1n) is 6.78. The average Bonchev–Trinajstić information content (AvgIpc) is 2.41. The Kier molecular flexibility index (Phi) is 6.79. The number of carbonyl (C=O) groups excluding carboxylic acids is 1. The number of nitrogens with one attached hydrogen (secondary N) is 1. The molecule has 1 aliphatic heterocycles. The van der Waals surface area contributed by atoms with Crippen LogP contribution in [0.2, 0.25) is 0 Å². The molecule has 0 aromatic carbocycles. The number of carboxylic acid groups (broad SMARTS) is 1. The van der Waals surface area contributed by atoms with E-state index in [-0.39, 0.29) is 18.9 Å². The summed E-state index contributed by atoms with van der Waals surface area (Å²) < 4.78 is 23.5. The summed E-state index contributed by atoms with van der Waals surface area (Å²) in [5.41, 5.74) is 0. The summed E-state index contributed by atoms with van der Waals surface area (Å²) in [4.78, 5) is 24.2. The van der Waals surface area contributed by atoms with Gasteiger partial charge in [-0.2, -0.15) is 11.8 Å². The van der Waals surface area contributed by atoms with E-state index in [0.717, 1.165) is 6.26 Å². The van der Waals surface area contributed by atoms with Gasteiger partial charge in [0.2, 0.25) is 0 Å². The molecule has 1 fully saturated rings. The first-order chi connectivity index (χ1) is 9.75. The highest BCUT2D eigenvalue weighted by molar-refractivity contribution is 8.00. The normalized spacial score (nSPS) is 20.9. The lowest BCUT2D eigenvalue weighted by Gasteiger charge is -2.34. The van der Waals surface area contributed by atoms with Crippen LogP contribution in [0.15, 0.2) is 0 Å². The van der Waals surface area contributed by atoms with Crippen LogP contribution in [0.5, 0.6) is 0 Å². The third-order valence-corrected chi connectivity index (χ3v) is 6.07. The number of hydrogen-bond acceptors (Lipinski definition) is 5. The predicted molar refractivity (Wildman–Crippen MR) is 82.1 cm³/mol. The van der Waals surface area contributed by atoms with Crippen molar-refractivity contribution < 1.29 is 23.1 Å². The van der Waals surface area contributed by atoms with Gasteiger partial charge >= 0.3 is 12.0 Å². The number of hydrogen-bond donors (Lipinski definition) is 2. The molecular weight excluding hydrogens is 316 g/mol. The third-order valence-electron chi connectivity index (χ3n) is 3.42. The van der Waals surface area contributed by atoms with Crippen LogP contribution in [-0.2, 0) is 14.6 Å². The number of carbonyl (C=O) groups is 2. The van der Waals surface area contributed by atoms with E-state index in [4.69, 9.17) is 5.11 Å². The van der Waals surface area contributed by atoms with Gasteiger partial charge in [-0.25, -0.2) is 13.2 Å². The molecule has 0 aromatic rings. The maximum atomic E-state index is 12.2. The molecule has 2 unspecified atom stereocenters. The van der Waals surface area contributed by atoms with E-state index in [9.17, 15) is 18.0 Å². The van der Waals surface area contributed by atoms with Crippen LogP contribution < -0.4 is 5.32 Å². The lowest BCUT2D eigenvalue weighted by atomic mass is 10.0. The maximum absolute atomic E-state index is 12.2. The number of thioether (sulfide) groups is 1. The van der Waals surface area contributed by atoms with Crippen molar-refractivity contribution in [2.75, 3.05) is 30.9 Å². The van der Waals surface area contributed by atoms with E-state index in [0.29, 0.717) is 24.5 Å². The Labute approximate surface area is 129 Å². The van der Waals surface area contributed by atoms with Crippen LogP contribution in [0.25, 0.3) is 0 Å². The second kappa shape index (κ2) is 7.88. The highest BCUT2D eigenvalue weighted by Crippen LogP contribution is 2.20. The van der Waals surface area contributed by atoms with Crippen LogP contribution in [0.4, 0.5) is 4.79 Å². The molecule has 0 saturated carbocycles. The number of urea groups is 1. The lowest BCUT2D eigenvalue weighted by molar-refractivity contribution is -0.138. The molecule has 2 N–H and O–H groups in total. The first-order valence-corrected chi connectivity index (χ1v) is 9.89. The van der Waals surface area contributed by atoms with Crippen molar-refractivity contribution in [1.82, 2.24) is 10.2 Å². The number of sulfone groups is 1. The molecule has 0 aliphatic carbocycles. The minimum atomic E-state index is -3.33. The largest absolute Gasteiger partial charge is 0.481 e. The Balaban J connectivity index is 2.62. The van der Waals surface area contributed by atoms with Crippen LogP contribution in [-0.4, -0.2) is 66.6 Å². The molecule has 0 bridgehead atoms. The minimum Gasteiger partial charge on any atom is -0.481 e. The van der Waals surface area contributed by atoms with E-state index in [1.165, 1.54) is 16.7 Å². The number of amides is 2. The van der Waals surface area contributed by atoms with Crippen molar-refractivity contribution in [3.8, 4) is 0 Å². The SMILES string of the molecule is CCC(CNC(=O)N1CCSCC1S(C)(=O)=O)CC(=O)O. The van der Waals surface area contributed by atoms with Crippen molar-refractivity contribution in [3.05, 3.63) is 0 Å². The summed E-state index contributed by atoms with van der Waals surface area (Å²) >= 11 is 1.51. The molecule has 1 rings (SSSR count). The van der Waals surface area contributed by atoms with E-state index >= 15 is 0 Å². The zero-order valence-corrected chi connectivity index (χ0v) is 13.9. The molecule has 2 atom stereocenters. The van der Waals surface area contributed by atoms with Crippen molar-refractivity contribution in [2.45, 2.75) is 25.1 Å². The Morgan fingerprint density at radius 1 is 1.48 bits per heavy atom. The average molecular weight is 338 g/mol. The fourth-order valence-electron chi connectivity index (χ4n) is 2.11. The van der Waals surface area contributed by atoms with Gasteiger partial charge in [0.05, 0.1) is 0 Å². The predicted octanol–water partition coefficient (Wildman–Crippen LogP) is 0.616. The molecule has 1 heterocycles. The molecule has 0 spiro atoms. The Hall–Kier alpha value is -0.960. The number of carboxylic acids is 1. The van der Waals surface area contributed by atoms with Crippen LogP contribution in [0.1, 0.15) is 19.8 Å². The molecule has 0 aromatic heterocycles. The first kappa shape index (κ1) is 18.1. The molecule has 1 aliphatic rings. The summed E-state index contributed by atoms with van der Waals surface area (Å²) in [6.07, 6.45) is 1.75. The zero-order valence-electron chi connectivity index (χ0n) is 12.2. The number of rotatable bonds is 6. The third kappa shape index (κ3) is 5.74. The van der Waals surface area contributed by atoms with Crippen molar-refractivity contribution in [2.24, 2.45) is 5.92 Å². The van der Waals surface area contributed by atoms with Gasteiger partial charge in [-0.15, -0.1) is 0 Å². The minimum absolute atomic E-state index is 0.0118. The second-order valence-electron chi connectivity index (χ2n) is 5.11. The molecule has 9 heteroatoms. The summed E-state index contributed by atoms with van der Waals surface area (Å²) in [5, 5.41) is 10.6. The Morgan fingerprint density at radius 2 is 2.14 bits per heavy atom. The van der Waals surface area contributed by atoms with E-state index < -0.39 is 27.2 Å². The quantitative estimate of drug-likeness (QED) is 0.736. The van der Waals surface area contributed by atoms with Gasteiger partial charge in [-0.1, -0.05) is 13.3 Å². The van der Waals surface area contributed by atoms with Crippen LogP contribution >= 0.6 is 11.8 Å². The highest BCUT2D eigenvalue weighted by Gasteiger charge is 2.34. The molecule has 2 amide bonds. The van der Waals surface area contributed by atoms with Gasteiger partial charge in [0.25, 0.3) is 0 Å². The number of aliphatic carboxylic acids is 1. The fourth-order valence-corrected chi connectivity index (χ4v) is 4.92. The Bertz CT molecular complexity index is 480.